The van der Waals surface area contributed by atoms with Gasteiger partial charge in [-0.2, -0.15) is 0 Å². The molecular formula is C18H19N3OS. The van der Waals surface area contributed by atoms with E-state index in [1.807, 2.05) is 0 Å². The minimum absolute atomic E-state index is 0.0472. The molecule has 1 atom stereocenters. The van der Waals surface area contributed by atoms with Crippen molar-refractivity contribution in [3.8, 4) is 0 Å². The minimum Gasteiger partial charge on any atom is -0.388 e. The fourth-order valence-corrected chi connectivity index (χ4v) is 3.94. The van der Waals surface area contributed by atoms with Crippen LogP contribution < -0.4 is 0 Å². The molecule has 1 unspecified atom stereocenters. The highest BCUT2D eigenvalue weighted by Crippen LogP contribution is 2.42. The SMILES string of the molecule is CC(Sc1nnc(CO)n1C1CC1)c1ccc2ccccc2c1. The van der Waals surface area contributed by atoms with Crippen LogP contribution in [0.2, 0.25) is 0 Å². The van der Waals surface area contributed by atoms with Crippen molar-refractivity contribution in [1.29, 1.82) is 0 Å². The lowest BCUT2D eigenvalue weighted by atomic mass is 10.1. The van der Waals surface area contributed by atoms with Gasteiger partial charge in [-0.05, 0) is 36.1 Å². The zero-order chi connectivity index (χ0) is 15.8. The predicted octanol–water partition coefficient (Wildman–Crippen LogP) is 4.11. The first-order valence-corrected chi connectivity index (χ1v) is 8.84. The average molecular weight is 325 g/mol. The van der Waals surface area contributed by atoms with Crippen molar-refractivity contribution < 1.29 is 5.11 Å². The first-order chi connectivity index (χ1) is 11.3. The summed E-state index contributed by atoms with van der Waals surface area (Å²) >= 11 is 1.71. The quantitative estimate of drug-likeness (QED) is 0.717. The molecule has 2 aromatic carbocycles. The van der Waals surface area contributed by atoms with E-state index in [4.69, 9.17) is 0 Å². The second-order valence-corrected chi connectivity index (χ2v) is 7.33. The van der Waals surface area contributed by atoms with Gasteiger partial charge in [0.05, 0.1) is 0 Å². The van der Waals surface area contributed by atoms with Gasteiger partial charge in [-0.1, -0.05) is 54.2 Å². The van der Waals surface area contributed by atoms with Crippen molar-refractivity contribution in [2.75, 3.05) is 0 Å². The van der Waals surface area contributed by atoms with Gasteiger partial charge in [0.15, 0.2) is 11.0 Å². The summed E-state index contributed by atoms with van der Waals surface area (Å²) in [6.45, 7) is 2.15. The Labute approximate surface area is 139 Å². The molecule has 0 saturated heterocycles. The minimum atomic E-state index is -0.0472. The van der Waals surface area contributed by atoms with Gasteiger partial charge in [0.1, 0.15) is 6.61 Å². The lowest BCUT2D eigenvalue weighted by molar-refractivity contribution is 0.263. The van der Waals surface area contributed by atoms with Crippen LogP contribution >= 0.6 is 11.8 Å². The molecule has 1 N–H and O–H groups in total. The van der Waals surface area contributed by atoms with Crippen LogP contribution in [-0.2, 0) is 6.61 Å². The third-order valence-electron chi connectivity index (χ3n) is 4.31. The van der Waals surface area contributed by atoms with Crippen LogP contribution in [0.25, 0.3) is 10.8 Å². The Hall–Kier alpha value is -1.85. The highest BCUT2D eigenvalue weighted by atomic mass is 32.2. The van der Waals surface area contributed by atoms with Gasteiger partial charge in [0.2, 0.25) is 0 Å². The number of rotatable bonds is 5. The van der Waals surface area contributed by atoms with Crippen LogP contribution in [0.3, 0.4) is 0 Å². The standard InChI is InChI=1S/C18H19N3OS/c1-12(14-7-6-13-4-2-3-5-15(13)10-14)23-18-20-19-17(11-22)21(18)16-8-9-16/h2-7,10,12,16,22H,8-9,11H2,1H3. The Bertz CT molecular complexity index is 841. The summed E-state index contributed by atoms with van der Waals surface area (Å²) in [4.78, 5) is 0. The van der Waals surface area contributed by atoms with Gasteiger partial charge in [0.25, 0.3) is 0 Å². The van der Waals surface area contributed by atoms with Crippen molar-refractivity contribution in [3.05, 3.63) is 53.9 Å². The maximum Gasteiger partial charge on any atom is 0.192 e. The van der Waals surface area contributed by atoms with Gasteiger partial charge in [-0.25, -0.2) is 0 Å². The maximum absolute atomic E-state index is 9.45. The summed E-state index contributed by atoms with van der Waals surface area (Å²) in [5, 5.41) is 21.6. The topological polar surface area (TPSA) is 50.9 Å². The Morgan fingerprint density at radius 1 is 1.17 bits per heavy atom. The van der Waals surface area contributed by atoms with Crippen LogP contribution in [0, 0.1) is 0 Å². The summed E-state index contributed by atoms with van der Waals surface area (Å²) in [6, 6.07) is 15.5. The highest BCUT2D eigenvalue weighted by molar-refractivity contribution is 7.99. The van der Waals surface area contributed by atoms with E-state index in [0.717, 1.165) is 18.0 Å². The number of hydrogen-bond donors (Lipinski definition) is 1. The molecule has 1 aromatic heterocycles. The van der Waals surface area contributed by atoms with Gasteiger partial charge in [-0.15, -0.1) is 10.2 Å². The molecule has 3 aromatic rings. The second kappa shape index (κ2) is 5.98. The van der Waals surface area contributed by atoms with E-state index in [9.17, 15) is 5.11 Å². The zero-order valence-corrected chi connectivity index (χ0v) is 13.8. The van der Waals surface area contributed by atoms with E-state index in [2.05, 4.69) is 64.2 Å². The number of aromatic nitrogens is 3. The lowest BCUT2D eigenvalue weighted by Crippen LogP contribution is -2.03. The van der Waals surface area contributed by atoms with Gasteiger partial charge < -0.3 is 9.67 Å². The molecule has 1 saturated carbocycles. The van der Waals surface area contributed by atoms with Crippen molar-refractivity contribution in [2.45, 2.75) is 42.8 Å². The van der Waals surface area contributed by atoms with E-state index in [1.54, 1.807) is 11.8 Å². The van der Waals surface area contributed by atoms with Gasteiger partial charge >= 0.3 is 0 Å². The van der Waals surface area contributed by atoms with Gasteiger partial charge in [0, 0.05) is 11.3 Å². The summed E-state index contributed by atoms with van der Waals surface area (Å²) in [6.07, 6.45) is 2.31. The average Bonchev–Trinajstić information content (AvgIpc) is 3.35. The van der Waals surface area contributed by atoms with E-state index in [1.165, 1.54) is 16.3 Å². The molecule has 0 radical (unpaired) electrons. The monoisotopic (exact) mass is 325 g/mol. The van der Waals surface area contributed by atoms with Crippen LogP contribution in [0.15, 0.2) is 47.6 Å². The molecule has 5 heteroatoms. The van der Waals surface area contributed by atoms with E-state index >= 15 is 0 Å². The summed E-state index contributed by atoms with van der Waals surface area (Å²) in [7, 11) is 0. The Morgan fingerprint density at radius 2 is 1.96 bits per heavy atom. The molecule has 0 spiro atoms. The molecule has 4 nitrogen and oxygen atoms in total. The fourth-order valence-electron chi connectivity index (χ4n) is 2.88. The van der Waals surface area contributed by atoms with Crippen molar-refractivity contribution in [2.24, 2.45) is 0 Å². The largest absolute Gasteiger partial charge is 0.388 e. The number of aliphatic hydroxyl groups excluding tert-OH is 1. The predicted molar refractivity (Wildman–Crippen MR) is 92.4 cm³/mol. The fraction of sp³-hybridized carbons (Fsp3) is 0.333. The summed E-state index contributed by atoms with van der Waals surface area (Å²) in [5.41, 5.74) is 1.28. The molecule has 4 rings (SSSR count). The Morgan fingerprint density at radius 3 is 2.70 bits per heavy atom. The number of benzene rings is 2. The lowest BCUT2D eigenvalue weighted by Gasteiger charge is -2.13. The molecular weight excluding hydrogens is 306 g/mol. The Balaban J connectivity index is 1.61. The number of fused-ring (bicyclic) bond motifs is 1. The summed E-state index contributed by atoms with van der Waals surface area (Å²) < 4.78 is 2.11. The van der Waals surface area contributed by atoms with Crippen LogP contribution in [0.4, 0.5) is 0 Å². The summed E-state index contributed by atoms with van der Waals surface area (Å²) in [5.74, 6) is 0.681. The van der Waals surface area contributed by atoms with Crippen molar-refractivity contribution in [1.82, 2.24) is 14.8 Å². The van der Waals surface area contributed by atoms with Crippen molar-refractivity contribution in [3.63, 3.8) is 0 Å². The van der Waals surface area contributed by atoms with Crippen LogP contribution in [0.5, 0.6) is 0 Å². The molecule has 1 heterocycles. The zero-order valence-electron chi connectivity index (χ0n) is 13.0. The second-order valence-electron chi connectivity index (χ2n) is 6.02. The third-order valence-corrected chi connectivity index (χ3v) is 5.43. The smallest absolute Gasteiger partial charge is 0.192 e. The van der Waals surface area contributed by atoms with E-state index in [0.29, 0.717) is 11.9 Å². The molecule has 1 aliphatic rings. The first kappa shape index (κ1) is 14.7. The van der Waals surface area contributed by atoms with Crippen molar-refractivity contribution >= 4 is 22.5 Å². The molecule has 0 amide bonds. The first-order valence-electron chi connectivity index (χ1n) is 7.96. The molecule has 0 bridgehead atoms. The number of thioether (sulfide) groups is 1. The molecule has 1 aliphatic carbocycles. The third kappa shape index (κ3) is 2.86. The molecule has 23 heavy (non-hydrogen) atoms. The van der Waals surface area contributed by atoms with E-state index < -0.39 is 0 Å². The van der Waals surface area contributed by atoms with Crippen LogP contribution in [-0.4, -0.2) is 19.9 Å². The van der Waals surface area contributed by atoms with Crippen LogP contribution in [0.1, 0.15) is 42.4 Å². The normalized spacial score (nSPS) is 15.9. The number of aliphatic hydroxyl groups is 1. The molecule has 0 aliphatic heterocycles. The molecule has 1 fully saturated rings. The van der Waals surface area contributed by atoms with E-state index in [-0.39, 0.29) is 11.9 Å². The number of nitrogens with zero attached hydrogens (tertiary/aromatic N) is 3. The highest BCUT2D eigenvalue weighted by Gasteiger charge is 2.30. The maximum atomic E-state index is 9.45. The number of hydrogen-bond acceptors (Lipinski definition) is 4. The van der Waals surface area contributed by atoms with Gasteiger partial charge in [-0.3, -0.25) is 0 Å². The molecule has 118 valence electrons. The Kier molecular flexibility index (Phi) is 3.83.